The Kier molecular flexibility index (Phi) is 5.79. The van der Waals surface area contributed by atoms with Gasteiger partial charge in [-0.25, -0.2) is 0 Å². The number of rotatable bonds is 3. The number of halogens is 2. The van der Waals surface area contributed by atoms with Gasteiger partial charge < -0.3 is 0 Å². The Bertz CT molecular complexity index is 1790. The van der Waals surface area contributed by atoms with E-state index in [0.29, 0.717) is 0 Å². The maximum atomic E-state index is 6.93. The van der Waals surface area contributed by atoms with E-state index in [0.717, 1.165) is 32.3 Å². The summed E-state index contributed by atoms with van der Waals surface area (Å²) in [4.78, 5) is 0. The second kappa shape index (κ2) is 8.79. The van der Waals surface area contributed by atoms with Crippen LogP contribution in [0.4, 0.5) is 0 Å². The Labute approximate surface area is 229 Å². The maximum Gasteiger partial charge on any atom is 0.243 e. The zero-order valence-electron chi connectivity index (χ0n) is 22.2. The molecular weight excluding hydrogens is 490 g/mol. The highest BCUT2D eigenvalue weighted by Gasteiger charge is 2.32. The monoisotopic (exact) mass is 518 g/mol. The molecule has 0 amide bonds. The smallest absolute Gasteiger partial charge is 0.0838 e. The minimum Gasteiger partial charge on any atom is -0.0838 e. The van der Waals surface area contributed by atoms with Gasteiger partial charge in [-0.3, -0.25) is 0 Å². The molecule has 3 heteroatoms. The fourth-order valence-electron chi connectivity index (χ4n) is 6.70. The molecule has 0 bridgehead atoms. The second-order valence-corrected chi connectivity index (χ2v) is 11.4. The summed E-state index contributed by atoms with van der Waals surface area (Å²) in [5.41, 5.74) is 10.9. The van der Waals surface area contributed by atoms with Gasteiger partial charge in [-0.05, 0) is 96.1 Å². The van der Waals surface area contributed by atoms with E-state index in [-0.39, 0.29) is 6.71 Å². The van der Waals surface area contributed by atoms with E-state index in [1.165, 1.54) is 59.8 Å². The molecule has 6 aromatic carbocycles. The van der Waals surface area contributed by atoms with E-state index in [2.05, 4.69) is 108 Å². The lowest BCUT2D eigenvalue weighted by Gasteiger charge is -2.27. The summed E-state index contributed by atoms with van der Waals surface area (Å²) >= 11 is 13.9. The summed E-state index contributed by atoms with van der Waals surface area (Å²) in [5, 5.41) is 9.48. The zero-order valence-corrected chi connectivity index (χ0v) is 23.7. The van der Waals surface area contributed by atoms with Gasteiger partial charge in [0, 0.05) is 10.0 Å². The molecule has 6 aromatic rings. The molecule has 0 heterocycles. The Morgan fingerprint density at radius 2 is 0.973 bits per heavy atom. The molecule has 0 fully saturated rings. The second-order valence-electron chi connectivity index (χ2n) is 10.7. The summed E-state index contributed by atoms with van der Waals surface area (Å²) < 4.78 is 0. The molecule has 0 aromatic heterocycles. The Balaban J connectivity index is 1.80. The molecule has 37 heavy (non-hydrogen) atoms. The predicted octanol–water partition coefficient (Wildman–Crippen LogP) is 8.26. The first-order valence-corrected chi connectivity index (χ1v) is 13.6. The third-order valence-electron chi connectivity index (χ3n) is 8.33. The van der Waals surface area contributed by atoms with Gasteiger partial charge in [0.15, 0.2) is 0 Å². The van der Waals surface area contributed by atoms with Crippen molar-refractivity contribution in [2.75, 3.05) is 0 Å². The predicted molar refractivity (Wildman–Crippen MR) is 166 cm³/mol. The molecule has 0 nitrogen and oxygen atoms in total. The average molecular weight is 519 g/mol. The third-order valence-corrected chi connectivity index (χ3v) is 9.49. The highest BCUT2D eigenvalue weighted by Crippen LogP contribution is 2.34. The van der Waals surface area contributed by atoms with Gasteiger partial charge in [0.25, 0.3) is 0 Å². The summed E-state index contributed by atoms with van der Waals surface area (Å²) in [5.74, 6) is 0. The molecule has 0 spiro atoms. The number of aryl methyl sites for hydroxylation is 4. The fraction of sp³-hybridized carbons (Fsp3) is 0.176. The Morgan fingerprint density at radius 1 is 0.514 bits per heavy atom. The summed E-state index contributed by atoms with van der Waals surface area (Å²) in [7, 11) is 0. The van der Waals surface area contributed by atoms with Crippen molar-refractivity contribution in [2.45, 2.75) is 41.5 Å². The van der Waals surface area contributed by atoms with E-state index in [1.54, 1.807) is 0 Å². The summed E-state index contributed by atoms with van der Waals surface area (Å²) in [6, 6.07) is 24.7. The number of benzene rings is 6. The van der Waals surface area contributed by atoms with E-state index in [9.17, 15) is 0 Å². The normalized spacial score (nSPS) is 11.8. The quantitative estimate of drug-likeness (QED) is 0.163. The van der Waals surface area contributed by atoms with Crippen LogP contribution in [0, 0.1) is 41.5 Å². The SMILES string of the molecule is Cc1cc(C)c(B(c2c(C)cc(C)c(Cl)c2C)c2ccc3ccc4cccc5ccc2c3c45)c(C)c1Cl. The molecular formula is C34H29BCl2. The van der Waals surface area contributed by atoms with Gasteiger partial charge in [-0.1, -0.05) is 117 Å². The molecule has 6 rings (SSSR count). The van der Waals surface area contributed by atoms with Crippen molar-refractivity contribution in [2.24, 2.45) is 0 Å². The molecule has 0 atom stereocenters. The van der Waals surface area contributed by atoms with Crippen molar-refractivity contribution in [1.82, 2.24) is 0 Å². The van der Waals surface area contributed by atoms with E-state index in [1.807, 2.05) is 0 Å². The van der Waals surface area contributed by atoms with Crippen LogP contribution < -0.4 is 16.4 Å². The third kappa shape index (κ3) is 3.59. The van der Waals surface area contributed by atoms with Gasteiger partial charge in [0.05, 0.1) is 0 Å². The average Bonchev–Trinajstić information content (AvgIpc) is 2.88. The van der Waals surface area contributed by atoms with Crippen molar-refractivity contribution in [3.05, 3.63) is 110 Å². The lowest BCUT2D eigenvalue weighted by molar-refractivity contribution is 1.34. The van der Waals surface area contributed by atoms with E-state index >= 15 is 0 Å². The van der Waals surface area contributed by atoms with Gasteiger partial charge in [-0.15, -0.1) is 0 Å². The van der Waals surface area contributed by atoms with Crippen molar-refractivity contribution < 1.29 is 0 Å². The van der Waals surface area contributed by atoms with Crippen LogP contribution in [0.2, 0.25) is 10.0 Å². The Hall–Kier alpha value is -3.00. The number of hydrogen-bond donors (Lipinski definition) is 0. The molecule has 0 aliphatic rings. The van der Waals surface area contributed by atoms with Crippen LogP contribution in [-0.2, 0) is 0 Å². The van der Waals surface area contributed by atoms with Crippen molar-refractivity contribution >= 4 is 78.6 Å². The molecule has 0 unspecified atom stereocenters. The highest BCUT2D eigenvalue weighted by atomic mass is 35.5. The topological polar surface area (TPSA) is 0 Å². The van der Waals surface area contributed by atoms with Crippen LogP contribution in [-0.4, -0.2) is 6.71 Å². The van der Waals surface area contributed by atoms with Crippen LogP contribution in [0.15, 0.2) is 66.7 Å². The summed E-state index contributed by atoms with van der Waals surface area (Å²) in [6.07, 6.45) is 0. The lowest BCUT2D eigenvalue weighted by Crippen LogP contribution is -2.56. The van der Waals surface area contributed by atoms with Gasteiger partial charge in [0.1, 0.15) is 0 Å². The minimum absolute atomic E-state index is 0.000711. The molecule has 0 aliphatic heterocycles. The van der Waals surface area contributed by atoms with E-state index < -0.39 is 0 Å². The zero-order chi connectivity index (χ0) is 26.2. The molecule has 0 saturated carbocycles. The standard InChI is InChI=1S/C34H29BCl2/c1-18-16-20(3)33(36)22(5)31(18)35(32-19(2)17-21(4)34(37)23(32)6)28-15-13-26-11-10-24-8-7-9-25-12-14-27(28)30(26)29(24)25/h7-17H,1-6H3. The first-order chi connectivity index (χ1) is 17.7. The largest absolute Gasteiger partial charge is 0.243 e. The lowest BCUT2D eigenvalue weighted by atomic mass is 9.33. The van der Waals surface area contributed by atoms with Crippen molar-refractivity contribution in [3.63, 3.8) is 0 Å². The molecule has 182 valence electrons. The first kappa shape index (κ1) is 24.3. The van der Waals surface area contributed by atoms with E-state index in [4.69, 9.17) is 23.2 Å². The van der Waals surface area contributed by atoms with Gasteiger partial charge in [0.2, 0.25) is 6.71 Å². The molecule has 0 saturated heterocycles. The van der Waals surface area contributed by atoms with Crippen LogP contribution in [0.3, 0.4) is 0 Å². The van der Waals surface area contributed by atoms with Gasteiger partial charge >= 0.3 is 0 Å². The summed E-state index contributed by atoms with van der Waals surface area (Å²) in [6.45, 7) is 13.0. The minimum atomic E-state index is 0.000711. The van der Waals surface area contributed by atoms with Crippen molar-refractivity contribution in [3.8, 4) is 0 Å². The van der Waals surface area contributed by atoms with Crippen LogP contribution in [0.1, 0.15) is 33.4 Å². The van der Waals surface area contributed by atoms with Crippen LogP contribution in [0.5, 0.6) is 0 Å². The first-order valence-electron chi connectivity index (χ1n) is 12.9. The van der Waals surface area contributed by atoms with Crippen molar-refractivity contribution in [1.29, 1.82) is 0 Å². The fourth-order valence-corrected chi connectivity index (χ4v) is 7.02. The van der Waals surface area contributed by atoms with Crippen LogP contribution in [0.25, 0.3) is 32.3 Å². The Morgan fingerprint density at radius 3 is 1.51 bits per heavy atom. The molecule has 0 aliphatic carbocycles. The van der Waals surface area contributed by atoms with Gasteiger partial charge in [-0.2, -0.15) is 0 Å². The highest BCUT2D eigenvalue weighted by molar-refractivity contribution is 6.98. The van der Waals surface area contributed by atoms with Crippen LogP contribution >= 0.6 is 23.2 Å². The number of hydrogen-bond acceptors (Lipinski definition) is 0. The molecule has 0 radical (unpaired) electrons. The molecule has 0 N–H and O–H groups in total. The maximum absolute atomic E-state index is 6.93.